The zero-order chi connectivity index (χ0) is 29.9. The number of pyridine rings is 2. The number of nitrogens with one attached hydrogen (secondary N) is 4. The third-order valence-corrected chi connectivity index (χ3v) is 7.04. The summed E-state index contributed by atoms with van der Waals surface area (Å²) in [5, 5.41) is 13.8. The van der Waals surface area contributed by atoms with Crippen LogP contribution in [0.2, 0.25) is 0 Å². The maximum Gasteiger partial charge on any atom is 0.224 e. The Morgan fingerprint density at radius 1 is 0.953 bits per heavy atom. The van der Waals surface area contributed by atoms with Crippen LogP contribution in [0.25, 0.3) is 56.0 Å². The lowest BCUT2D eigenvalue weighted by Crippen LogP contribution is -2.20. The molecule has 43 heavy (non-hydrogen) atoms. The van der Waals surface area contributed by atoms with Crippen LogP contribution in [0.3, 0.4) is 0 Å². The Morgan fingerprint density at radius 2 is 1.81 bits per heavy atom. The second-order valence-corrected chi connectivity index (χ2v) is 10.7. The van der Waals surface area contributed by atoms with Gasteiger partial charge < -0.3 is 20.5 Å². The SMILES string of the molecule is CCCC(=O)Nc1cncc(-c2ccc3[nH]nc(-c4nc5c(-c6cc(F)cc(NCCN(C)C)c6)cccc5[nH]4)c3n2)c1. The van der Waals surface area contributed by atoms with Gasteiger partial charge in [-0.05, 0) is 68.5 Å². The summed E-state index contributed by atoms with van der Waals surface area (Å²) in [7, 11) is 4.00. The predicted molar refractivity (Wildman–Crippen MR) is 168 cm³/mol. The smallest absolute Gasteiger partial charge is 0.224 e. The molecule has 6 rings (SSSR count). The van der Waals surface area contributed by atoms with Crippen LogP contribution in [0.1, 0.15) is 19.8 Å². The van der Waals surface area contributed by atoms with Gasteiger partial charge in [0.05, 0.1) is 34.1 Å². The lowest BCUT2D eigenvalue weighted by Gasteiger charge is -2.13. The van der Waals surface area contributed by atoms with Crippen molar-refractivity contribution in [3.05, 3.63) is 72.8 Å². The van der Waals surface area contributed by atoms with Crippen LogP contribution in [-0.2, 0) is 4.79 Å². The zero-order valence-electron chi connectivity index (χ0n) is 24.2. The van der Waals surface area contributed by atoms with E-state index in [-0.39, 0.29) is 11.7 Å². The lowest BCUT2D eigenvalue weighted by molar-refractivity contribution is -0.116. The molecular weight excluding hydrogens is 545 g/mol. The molecule has 1 amide bonds. The van der Waals surface area contributed by atoms with Crippen LogP contribution in [0.5, 0.6) is 0 Å². The van der Waals surface area contributed by atoms with Crippen LogP contribution in [0, 0.1) is 5.82 Å². The lowest BCUT2D eigenvalue weighted by atomic mass is 10.0. The molecule has 0 aliphatic heterocycles. The molecule has 0 saturated carbocycles. The summed E-state index contributed by atoms with van der Waals surface area (Å²) in [6.07, 6.45) is 4.53. The van der Waals surface area contributed by atoms with Crippen LogP contribution in [0.15, 0.2) is 67.0 Å². The Balaban J connectivity index is 1.35. The van der Waals surface area contributed by atoms with Gasteiger partial charge in [-0.3, -0.25) is 14.9 Å². The Kier molecular flexibility index (Phi) is 7.80. The van der Waals surface area contributed by atoms with Crippen molar-refractivity contribution in [2.75, 3.05) is 37.8 Å². The van der Waals surface area contributed by atoms with E-state index in [1.54, 1.807) is 12.4 Å². The highest BCUT2D eigenvalue weighted by molar-refractivity contribution is 5.97. The maximum atomic E-state index is 14.7. The number of halogens is 1. The summed E-state index contributed by atoms with van der Waals surface area (Å²) >= 11 is 0. The molecule has 0 bridgehead atoms. The maximum absolute atomic E-state index is 14.7. The van der Waals surface area contributed by atoms with Gasteiger partial charge in [-0.25, -0.2) is 14.4 Å². The number of carbonyl (C=O) groups is 1. The second-order valence-electron chi connectivity index (χ2n) is 10.7. The van der Waals surface area contributed by atoms with Crippen LogP contribution >= 0.6 is 0 Å². The molecule has 4 N–H and O–H groups in total. The summed E-state index contributed by atoms with van der Waals surface area (Å²) in [4.78, 5) is 31.6. The number of amides is 1. The van der Waals surface area contributed by atoms with E-state index < -0.39 is 0 Å². The molecule has 4 aromatic heterocycles. The number of anilines is 2. The summed E-state index contributed by atoms with van der Waals surface area (Å²) in [5.74, 6) is 0.162. The van der Waals surface area contributed by atoms with E-state index in [2.05, 4.69) is 35.7 Å². The molecule has 0 spiro atoms. The minimum atomic E-state index is -0.323. The molecular formula is C32H32FN9O. The number of H-pyrrole nitrogens is 2. The third-order valence-electron chi connectivity index (χ3n) is 7.04. The average molecular weight is 578 g/mol. The fraction of sp³-hybridized carbons (Fsp3) is 0.219. The number of hydrogen-bond donors (Lipinski definition) is 4. The highest BCUT2D eigenvalue weighted by atomic mass is 19.1. The molecule has 2 aromatic carbocycles. The van der Waals surface area contributed by atoms with Crippen molar-refractivity contribution >= 4 is 39.3 Å². The van der Waals surface area contributed by atoms with Gasteiger partial charge in [0.2, 0.25) is 5.91 Å². The van der Waals surface area contributed by atoms with Crippen molar-refractivity contribution < 1.29 is 9.18 Å². The molecule has 4 heterocycles. The van der Waals surface area contributed by atoms with E-state index in [9.17, 15) is 9.18 Å². The summed E-state index contributed by atoms with van der Waals surface area (Å²) in [6.45, 7) is 3.48. The second kappa shape index (κ2) is 12.0. The van der Waals surface area contributed by atoms with E-state index in [0.29, 0.717) is 52.6 Å². The monoisotopic (exact) mass is 577 g/mol. The zero-order valence-corrected chi connectivity index (χ0v) is 24.2. The predicted octanol–water partition coefficient (Wildman–Crippen LogP) is 6.08. The van der Waals surface area contributed by atoms with Crippen molar-refractivity contribution in [3.8, 4) is 33.9 Å². The molecule has 11 heteroatoms. The van der Waals surface area contributed by atoms with Gasteiger partial charge in [-0.1, -0.05) is 19.1 Å². The summed E-state index contributed by atoms with van der Waals surface area (Å²) in [5.41, 5.74) is 7.74. The van der Waals surface area contributed by atoms with E-state index >= 15 is 0 Å². The number of nitrogens with zero attached hydrogens (tertiary/aromatic N) is 5. The topological polar surface area (TPSA) is 128 Å². The highest BCUT2D eigenvalue weighted by Gasteiger charge is 2.18. The minimum Gasteiger partial charge on any atom is -0.384 e. The van der Waals surface area contributed by atoms with E-state index in [4.69, 9.17) is 9.97 Å². The van der Waals surface area contributed by atoms with Crippen molar-refractivity contribution in [3.63, 3.8) is 0 Å². The number of rotatable bonds is 10. The molecule has 218 valence electrons. The summed E-state index contributed by atoms with van der Waals surface area (Å²) in [6, 6.07) is 16.4. The largest absolute Gasteiger partial charge is 0.384 e. The van der Waals surface area contributed by atoms with Gasteiger partial charge in [0, 0.05) is 42.5 Å². The number of para-hydroxylation sites is 1. The van der Waals surface area contributed by atoms with Crippen LogP contribution in [0.4, 0.5) is 15.8 Å². The first-order valence-corrected chi connectivity index (χ1v) is 14.2. The molecule has 0 unspecified atom stereocenters. The Morgan fingerprint density at radius 3 is 2.65 bits per heavy atom. The van der Waals surface area contributed by atoms with E-state index in [1.807, 2.05) is 63.5 Å². The van der Waals surface area contributed by atoms with Gasteiger partial charge >= 0.3 is 0 Å². The fourth-order valence-electron chi connectivity index (χ4n) is 4.97. The van der Waals surface area contributed by atoms with Crippen LogP contribution < -0.4 is 10.6 Å². The normalized spacial score (nSPS) is 11.5. The molecule has 6 aromatic rings. The van der Waals surface area contributed by atoms with Crippen molar-refractivity contribution in [1.82, 2.24) is 35.0 Å². The first-order valence-electron chi connectivity index (χ1n) is 14.2. The average Bonchev–Trinajstić information content (AvgIpc) is 3.60. The first-order chi connectivity index (χ1) is 20.9. The number of aromatic nitrogens is 6. The summed E-state index contributed by atoms with van der Waals surface area (Å²) < 4.78 is 14.7. The third kappa shape index (κ3) is 6.07. The molecule has 0 radical (unpaired) electrons. The standard InChI is InChI=1S/C32H32FN9O/c1-4-6-28(43)36-23-15-20(17-34-18-23)25-9-10-27-30(37-25)31(41-40-27)32-38-26-8-5-7-24(29(26)39-32)19-13-21(33)16-22(14-19)35-11-12-42(2)3/h5,7-10,13-18,35H,4,6,11-12H2,1-3H3,(H,36,43)(H,38,39)(H,40,41). The Bertz CT molecular complexity index is 1930. The van der Waals surface area contributed by atoms with E-state index in [0.717, 1.165) is 40.7 Å². The molecule has 0 fully saturated rings. The highest BCUT2D eigenvalue weighted by Crippen LogP contribution is 2.33. The molecule has 10 nitrogen and oxygen atoms in total. The molecule has 0 aliphatic carbocycles. The quantitative estimate of drug-likeness (QED) is 0.155. The Labute approximate surface area is 247 Å². The number of likely N-dealkylation sites (N-methyl/N-ethyl adjacent to an activating group) is 1. The molecule has 0 atom stereocenters. The molecule has 0 aliphatic rings. The van der Waals surface area contributed by atoms with Gasteiger partial charge in [-0.2, -0.15) is 5.10 Å². The van der Waals surface area contributed by atoms with Crippen molar-refractivity contribution in [2.24, 2.45) is 0 Å². The molecule has 0 saturated heterocycles. The van der Waals surface area contributed by atoms with Crippen molar-refractivity contribution in [2.45, 2.75) is 19.8 Å². The number of benzene rings is 2. The number of imidazole rings is 1. The number of carbonyl (C=O) groups excluding carboxylic acids is 1. The minimum absolute atomic E-state index is 0.0544. The first kappa shape index (κ1) is 28.0. The Hall–Kier alpha value is -5.16. The number of fused-ring (bicyclic) bond motifs is 2. The van der Waals surface area contributed by atoms with Crippen LogP contribution in [-0.4, -0.2) is 68.1 Å². The van der Waals surface area contributed by atoms with E-state index in [1.165, 1.54) is 12.1 Å². The van der Waals surface area contributed by atoms with Crippen molar-refractivity contribution in [1.29, 1.82) is 0 Å². The van der Waals surface area contributed by atoms with Gasteiger partial charge in [0.15, 0.2) is 11.5 Å². The van der Waals surface area contributed by atoms with Gasteiger partial charge in [0.25, 0.3) is 0 Å². The van der Waals surface area contributed by atoms with Gasteiger partial charge in [0.1, 0.15) is 11.3 Å². The fourth-order valence-corrected chi connectivity index (χ4v) is 4.97. The number of hydrogen-bond acceptors (Lipinski definition) is 7. The van der Waals surface area contributed by atoms with Gasteiger partial charge in [-0.15, -0.1) is 0 Å². The number of aromatic amines is 2.